The number of anilines is 2. The Kier molecular flexibility index (Phi) is 3.34. The van der Waals surface area contributed by atoms with E-state index in [1.165, 1.54) is 6.07 Å². The fourth-order valence-corrected chi connectivity index (χ4v) is 1.99. The molecule has 0 unspecified atom stereocenters. The molecule has 3 N–H and O–H groups in total. The monoisotopic (exact) mass is 299 g/mol. The number of hydrogen-bond donors (Lipinski definition) is 3. The second-order valence-electron chi connectivity index (χ2n) is 4.78. The molecular weight excluding hydrogens is 286 g/mol. The maximum Gasteiger partial charge on any atom is 0.352 e. The Bertz CT molecular complexity index is 837. The second kappa shape index (κ2) is 5.32. The molecule has 0 bridgehead atoms. The Morgan fingerprint density at radius 3 is 2.82 bits per heavy atom. The van der Waals surface area contributed by atoms with Crippen LogP contribution in [0.15, 0.2) is 29.0 Å². The third kappa shape index (κ3) is 2.66. The summed E-state index contributed by atoms with van der Waals surface area (Å²) in [4.78, 5) is 22.2. The van der Waals surface area contributed by atoms with Crippen molar-refractivity contribution in [3.63, 3.8) is 0 Å². The molecule has 3 rings (SSSR count). The predicted molar refractivity (Wildman–Crippen MR) is 78.0 cm³/mol. The summed E-state index contributed by atoms with van der Waals surface area (Å²) >= 11 is 0. The molecule has 0 fully saturated rings. The van der Waals surface area contributed by atoms with Gasteiger partial charge in [-0.15, -0.1) is 0 Å². The second-order valence-corrected chi connectivity index (χ2v) is 4.78. The van der Waals surface area contributed by atoms with Gasteiger partial charge in [-0.1, -0.05) is 5.16 Å². The first-order valence-electron chi connectivity index (χ1n) is 6.49. The molecule has 0 aliphatic carbocycles. The number of carboxylic acids is 1. The first kappa shape index (κ1) is 13.8. The molecule has 112 valence electrons. The topological polar surface area (TPSA) is 117 Å². The molecule has 0 amide bonds. The average Bonchev–Trinajstić information content (AvgIpc) is 3.10. The van der Waals surface area contributed by atoms with Crippen molar-refractivity contribution in [3.8, 4) is 11.3 Å². The molecule has 0 aromatic carbocycles. The summed E-state index contributed by atoms with van der Waals surface area (Å²) in [6.45, 7) is 3.64. The van der Waals surface area contributed by atoms with Gasteiger partial charge >= 0.3 is 5.97 Å². The maximum atomic E-state index is 10.9. The highest BCUT2D eigenvalue weighted by Crippen LogP contribution is 2.23. The van der Waals surface area contributed by atoms with Gasteiger partial charge < -0.3 is 19.9 Å². The van der Waals surface area contributed by atoms with E-state index in [1.54, 1.807) is 25.4 Å². The number of hydrogen-bond acceptors (Lipinski definition) is 6. The van der Waals surface area contributed by atoms with Crippen molar-refractivity contribution in [2.75, 3.05) is 5.32 Å². The van der Waals surface area contributed by atoms with Crippen LogP contribution in [0.1, 0.15) is 21.8 Å². The molecule has 3 aromatic rings. The van der Waals surface area contributed by atoms with E-state index in [1.807, 2.05) is 6.92 Å². The molecule has 0 saturated heterocycles. The van der Waals surface area contributed by atoms with E-state index in [0.29, 0.717) is 28.8 Å². The van der Waals surface area contributed by atoms with E-state index >= 15 is 0 Å². The van der Waals surface area contributed by atoms with Gasteiger partial charge in [0.1, 0.15) is 11.5 Å². The van der Waals surface area contributed by atoms with E-state index < -0.39 is 5.97 Å². The van der Waals surface area contributed by atoms with Crippen LogP contribution in [0.5, 0.6) is 0 Å². The zero-order chi connectivity index (χ0) is 15.7. The number of aromatic amines is 1. The number of aromatic nitrogens is 4. The highest BCUT2D eigenvalue weighted by atomic mass is 16.5. The molecule has 0 atom stereocenters. The number of rotatable bonds is 4. The minimum Gasteiger partial charge on any atom is -0.477 e. The molecule has 3 aromatic heterocycles. The fourth-order valence-electron chi connectivity index (χ4n) is 1.99. The van der Waals surface area contributed by atoms with Crippen LogP contribution in [-0.4, -0.2) is 31.2 Å². The molecule has 0 saturated carbocycles. The van der Waals surface area contributed by atoms with Crippen molar-refractivity contribution >= 4 is 17.7 Å². The van der Waals surface area contributed by atoms with Gasteiger partial charge in [0.2, 0.25) is 5.95 Å². The normalized spacial score (nSPS) is 10.6. The summed E-state index contributed by atoms with van der Waals surface area (Å²) in [7, 11) is 0. The molecule has 0 aliphatic rings. The summed E-state index contributed by atoms with van der Waals surface area (Å²) in [6.07, 6.45) is 3.26. The van der Waals surface area contributed by atoms with Crippen LogP contribution in [0.25, 0.3) is 11.3 Å². The number of nitrogens with zero attached hydrogens (tertiary/aromatic N) is 3. The lowest BCUT2D eigenvalue weighted by atomic mass is 10.1. The number of aromatic carboxylic acids is 1. The summed E-state index contributed by atoms with van der Waals surface area (Å²) in [5.41, 5.74) is 2.26. The number of aryl methyl sites for hydroxylation is 2. The third-order valence-corrected chi connectivity index (χ3v) is 3.03. The summed E-state index contributed by atoms with van der Waals surface area (Å²) in [6, 6.07) is 3.25. The van der Waals surface area contributed by atoms with Crippen molar-refractivity contribution in [2.24, 2.45) is 0 Å². The first-order valence-corrected chi connectivity index (χ1v) is 6.49. The van der Waals surface area contributed by atoms with Gasteiger partial charge in [0, 0.05) is 24.0 Å². The Morgan fingerprint density at radius 2 is 2.18 bits per heavy atom. The Labute approximate surface area is 125 Å². The number of carboxylic acid groups (broad SMARTS) is 1. The predicted octanol–water partition coefficient (Wildman–Crippen LogP) is 2.52. The molecule has 22 heavy (non-hydrogen) atoms. The van der Waals surface area contributed by atoms with Crippen LogP contribution in [0.4, 0.5) is 11.8 Å². The molecule has 0 spiro atoms. The molecule has 0 aliphatic heterocycles. The fraction of sp³-hybridized carbons (Fsp3) is 0.143. The smallest absolute Gasteiger partial charge is 0.352 e. The molecule has 0 radical (unpaired) electrons. The maximum absolute atomic E-state index is 10.9. The van der Waals surface area contributed by atoms with Gasteiger partial charge in [0.15, 0.2) is 5.82 Å². The van der Waals surface area contributed by atoms with E-state index in [9.17, 15) is 4.79 Å². The van der Waals surface area contributed by atoms with Gasteiger partial charge in [-0.05, 0) is 25.5 Å². The van der Waals surface area contributed by atoms with E-state index in [2.05, 4.69) is 25.4 Å². The lowest BCUT2D eigenvalue weighted by Gasteiger charge is -2.05. The van der Waals surface area contributed by atoms with Crippen molar-refractivity contribution in [2.45, 2.75) is 13.8 Å². The number of carbonyl (C=O) groups is 1. The molecule has 3 heterocycles. The summed E-state index contributed by atoms with van der Waals surface area (Å²) < 4.78 is 4.97. The minimum absolute atomic E-state index is 0.106. The Balaban J connectivity index is 1.93. The van der Waals surface area contributed by atoms with Crippen LogP contribution in [0, 0.1) is 13.8 Å². The van der Waals surface area contributed by atoms with Gasteiger partial charge in [-0.25, -0.2) is 14.8 Å². The largest absolute Gasteiger partial charge is 0.477 e. The van der Waals surface area contributed by atoms with E-state index in [4.69, 9.17) is 9.63 Å². The van der Waals surface area contributed by atoms with Crippen LogP contribution in [0.2, 0.25) is 0 Å². The zero-order valence-corrected chi connectivity index (χ0v) is 11.9. The van der Waals surface area contributed by atoms with Crippen LogP contribution in [0.3, 0.4) is 0 Å². The highest BCUT2D eigenvalue weighted by molar-refractivity contribution is 5.87. The lowest BCUT2D eigenvalue weighted by Crippen LogP contribution is -2.00. The highest BCUT2D eigenvalue weighted by Gasteiger charge is 2.12. The Morgan fingerprint density at radius 1 is 1.36 bits per heavy atom. The van der Waals surface area contributed by atoms with Crippen LogP contribution < -0.4 is 5.32 Å². The van der Waals surface area contributed by atoms with Crippen molar-refractivity contribution in [3.05, 3.63) is 41.5 Å². The quantitative estimate of drug-likeness (QED) is 0.677. The SMILES string of the molecule is Cc1cc(Nc2ncc(C)c(-c3c[nH]c(C(=O)O)c3)n2)no1. The van der Waals surface area contributed by atoms with E-state index in [-0.39, 0.29) is 5.69 Å². The molecule has 8 heteroatoms. The lowest BCUT2D eigenvalue weighted by molar-refractivity contribution is 0.0691. The number of nitrogens with one attached hydrogen (secondary N) is 2. The van der Waals surface area contributed by atoms with E-state index in [0.717, 1.165) is 5.56 Å². The standard InChI is InChI=1S/C14H13N5O3/c1-7-5-16-14(17-11-3-8(2)22-19-11)18-12(7)9-4-10(13(20)21)15-6-9/h3-6,15H,1-2H3,(H,20,21)(H,16,17,18,19). The summed E-state index contributed by atoms with van der Waals surface area (Å²) in [5.74, 6) is 0.514. The minimum atomic E-state index is -1.02. The van der Waals surface area contributed by atoms with Crippen molar-refractivity contribution in [1.29, 1.82) is 0 Å². The van der Waals surface area contributed by atoms with Crippen molar-refractivity contribution in [1.82, 2.24) is 20.1 Å². The molecule has 8 nitrogen and oxygen atoms in total. The average molecular weight is 299 g/mol. The van der Waals surface area contributed by atoms with Gasteiger partial charge in [-0.3, -0.25) is 0 Å². The number of H-pyrrole nitrogens is 1. The molecular formula is C14H13N5O3. The van der Waals surface area contributed by atoms with Crippen LogP contribution in [-0.2, 0) is 0 Å². The van der Waals surface area contributed by atoms with Gasteiger partial charge in [0.25, 0.3) is 0 Å². The zero-order valence-electron chi connectivity index (χ0n) is 11.9. The first-order chi connectivity index (χ1) is 10.5. The Hall–Kier alpha value is -3.16. The van der Waals surface area contributed by atoms with Crippen molar-refractivity contribution < 1.29 is 14.4 Å². The third-order valence-electron chi connectivity index (χ3n) is 3.03. The van der Waals surface area contributed by atoms with Gasteiger partial charge in [0.05, 0.1) is 5.69 Å². The van der Waals surface area contributed by atoms with Crippen LogP contribution >= 0.6 is 0 Å². The summed E-state index contributed by atoms with van der Waals surface area (Å²) in [5, 5.41) is 15.7. The van der Waals surface area contributed by atoms with Gasteiger partial charge in [-0.2, -0.15) is 0 Å².